The van der Waals surface area contributed by atoms with Gasteiger partial charge in [0.1, 0.15) is 0 Å². The van der Waals surface area contributed by atoms with Crippen molar-refractivity contribution >= 4 is 28.4 Å². The Balaban J connectivity index is 1.51. The van der Waals surface area contributed by atoms with Crippen LogP contribution in [0.4, 0.5) is 11.4 Å². The SMILES string of the molecule is CCc1noc2ncc(C(=O)Nc3ccc(N4CCN(C)CC4)c(C)c3)cc12. The molecule has 28 heavy (non-hydrogen) atoms. The molecule has 0 unspecified atom stereocenters. The number of hydrogen-bond acceptors (Lipinski definition) is 6. The van der Waals surface area contributed by atoms with Crippen molar-refractivity contribution in [2.24, 2.45) is 0 Å². The number of aromatic nitrogens is 2. The van der Waals surface area contributed by atoms with Gasteiger partial charge in [0.15, 0.2) is 0 Å². The molecule has 3 aromatic rings. The highest BCUT2D eigenvalue weighted by Gasteiger charge is 2.17. The summed E-state index contributed by atoms with van der Waals surface area (Å²) in [6, 6.07) is 7.86. The van der Waals surface area contributed by atoms with Crippen LogP contribution in [0.15, 0.2) is 35.0 Å². The predicted octanol–water partition coefficient (Wildman–Crippen LogP) is 3.10. The Morgan fingerprint density at radius 2 is 2.00 bits per heavy atom. The maximum atomic E-state index is 12.7. The quantitative estimate of drug-likeness (QED) is 0.751. The predicted molar refractivity (Wildman–Crippen MR) is 110 cm³/mol. The lowest BCUT2D eigenvalue weighted by Gasteiger charge is -2.35. The summed E-state index contributed by atoms with van der Waals surface area (Å²) in [6.45, 7) is 8.25. The van der Waals surface area contributed by atoms with Gasteiger partial charge in [-0.25, -0.2) is 4.98 Å². The van der Waals surface area contributed by atoms with Crippen molar-refractivity contribution in [1.82, 2.24) is 15.0 Å². The molecule has 1 saturated heterocycles. The lowest BCUT2D eigenvalue weighted by Crippen LogP contribution is -2.44. The molecule has 1 amide bonds. The standard InChI is InChI=1S/C21H25N5O2/c1-4-18-17-12-15(13-22-21(17)28-24-18)20(27)23-16-5-6-19(14(2)11-16)26-9-7-25(3)8-10-26/h5-6,11-13H,4,7-10H2,1-3H3,(H,23,27). The molecule has 0 radical (unpaired) electrons. The van der Waals surface area contributed by atoms with Crippen molar-refractivity contribution in [3.63, 3.8) is 0 Å². The monoisotopic (exact) mass is 379 g/mol. The summed E-state index contributed by atoms with van der Waals surface area (Å²) < 4.78 is 5.19. The molecule has 7 nitrogen and oxygen atoms in total. The van der Waals surface area contributed by atoms with Crippen molar-refractivity contribution in [2.75, 3.05) is 43.4 Å². The van der Waals surface area contributed by atoms with Crippen LogP contribution >= 0.6 is 0 Å². The summed E-state index contributed by atoms with van der Waals surface area (Å²) in [4.78, 5) is 21.6. The van der Waals surface area contributed by atoms with E-state index in [9.17, 15) is 4.79 Å². The second kappa shape index (κ2) is 7.59. The first-order chi connectivity index (χ1) is 13.5. The summed E-state index contributed by atoms with van der Waals surface area (Å²) in [7, 11) is 2.15. The zero-order valence-corrected chi connectivity index (χ0v) is 16.5. The van der Waals surface area contributed by atoms with E-state index >= 15 is 0 Å². The minimum absolute atomic E-state index is 0.190. The van der Waals surface area contributed by atoms with Gasteiger partial charge >= 0.3 is 0 Å². The highest BCUT2D eigenvalue weighted by molar-refractivity contribution is 6.05. The van der Waals surface area contributed by atoms with Crippen LogP contribution in [0.5, 0.6) is 0 Å². The van der Waals surface area contributed by atoms with E-state index in [1.165, 1.54) is 11.9 Å². The van der Waals surface area contributed by atoms with Crippen LogP contribution in [0.3, 0.4) is 0 Å². The lowest BCUT2D eigenvalue weighted by molar-refractivity contribution is 0.102. The number of nitrogens with one attached hydrogen (secondary N) is 1. The Kier molecular flexibility index (Phi) is 5.00. The van der Waals surface area contributed by atoms with E-state index in [0.717, 1.165) is 54.9 Å². The average molecular weight is 379 g/mol. The molecule has 1 fully saturated rings. The third-order valence-corrected chi connectivity index (χ3v) is 5.30. The van der Waals surface area contributed by atoms with E-state index in [-0.39, 0.29) is 5.91 Å². The van der Waals surface area contributed by atoms with Gasteiger partial charge in [-0.15, -0.1) is 0 Å². The third kappa shape index (κ3) is 3.57. The Labute approximate surface area is 164 Å². The van der Waals surface area contributed by atoms with E-state index < -0.39 is 0 Å². The molecule has 0 aliphatic carbocycles. The van der Waals surface area contributed by atoms with Gasteiger partial charge in [-0.05, 0) is 50.2 Å². The highest BCUT2D eigenvalue weighted by Crippen LogP contribution is 2.25. The van der Waals surface area contributed by atoms with Gasteiger partial charge in [0.2, 0.25) is 0 Å². The highest BCUT2D eigenvalue weighted by atomic mass is 16.5. The fraction of sp³-hybridized carbons (Fsp3) is 0.381. The van der Waals surface area contributed by atoms with Crippen molar-refractivity contribution in [3.05, 3.63) is 47.3 Å². The number of aryl methyl sites for hydroxylation is 2. The largest absolute Gasteiger partial charge is 0.369 e. The van der Waals surface area contributed by atoms with Crippen molar-refractivity contribution < 1.29 is 9.32 Å². The van der Waals surface area contributed by atoms with Crippen LogP contribution in [0.2, 0.25) is 0 Å². The zero-order valence-electron chi connectivity index (χ0n) is 16.5. The zero-order chi connectivity index (χ0) is 19.7. The van der Waals surface area contributed by atoms with E-state index in [1.807, 2.05) is 19.1 Å². The molecule has 4 rings (SSSR count). The number of amides is 1. The van der Waals surface area contributed by atoms with Crippen LogP contribution in [-0.4, -0.2) is 54.2 Å². The van der Waals surface area contributed by atoms with Crippen LogP contribution < -0.4 is 10.2 Å². The molecule has 0 saturated carbocycles. The Morgan fingerprint density at radius 1 is 1.21 bits per heavy atom. The minimum Gasteiger partial charge on any atom is -0.369 e. The second-order valence-corrected chi connectivity index (χ2v) is 7.31. The molecule has 3 heterocycles. The van der Waals surface area contributed by atoms with Crippen LogP contribution in [0.25, 0.3) is 11.1 Å². The summed E-state index contributed by atoms with van der Waals surface area (Å²) in [6.07, 6.45) is 2.25. The smallest absolute Gasteiger partial charge is 0.257 e. The number of hydrogen-bond donors (Lipinski definition) is 1. The number of piperazine rings is 1. The normalized spacial score (nSPS) is 15.2. The summed E-state index contributed by atoms with van der Waals surface area (Å²) in [5, 5.41) is 7.75. The van der Waals surface area contributed by atoms with Crippen molar-refractivity contribution in [2.45, 2.75) is 20.3 Å². The first-order valence-corrected chi connectivity index (χ1v) is 9.65. The number of fused-ring (bicyclic) bond motifs is 1. The topological polar surface area (TPSA) is 74.5 Å². The molecule has 0 spiro atoms. The van der Waals surface area contributed by atoms with Crippen LogP contribution in [0.1, 0.15) is 28.5 Å². The Bertz CT molecular complexity index is 1010. The molecular formula is C21H25N5O2. The number of nitrogens with zero attached hydrogens (tertiary/aromatic N) is 4. The van der Waals surface area contributed by atoms with E-state index in [0.29, 0.717) is 11.3 Å². The molecule has 146 valence electrons. The number of carbonyl (C=O) groups is 1. The molecule has 1 aliphatic heterocycles. The van der Waals surface area contributed by atoms with E-state index in [1.54, 1.807) is 6.07 Å². The number of pyridine rings is 1. The maximum absolute atomic E-state index is 12.7. The van der Waals surface area contributed by atoms with Gasteiger partial charge in [0.05, 0.1) is 16.6 Å². The molecule has 0 atom stereocenters. The Morgan fingerprint density at radius 3 is 2.71 bits per heavy atom. The number of carbonyl (C=O) groups excluding carboxylic acids is 1. The summed E-state index contributed by atoms with van der Waals surface area (Å²) in [5.41, 5.74) is 4.92. The lowest BCUT2D eigenvalue weighted by atomic mass is 10.1. The number of benzene rings is 1. The molecule has 2 aromatic heterocycles. The van der Waals surface area contributed by atoms with Crippen molar-refractivity contribution in [3.8, 4) is 0 Å². The molecule has 1 aliphatic rings. The maximum Gasteiger partial charge on any atom is 0.257 e. The number of anilines is 2. The van der Waals surface area contributed by atoms with Crippen molar-refractivity contribution in [1.29, 1.82) is 0 Å². The first-order valence-electron chi connectivity index (χ1n) is 9.65. The summed E-state index contributed by atoms with van der Waals surface area (Å²) in [5.74, 6) is -0.190. The van der Waals surface area contributed by atoms with Gasteiger partial charge in [0, 0.05) is 43.8 Å². The Hall–Kier alpha value is -2.93. The fourth-order valence-corrected chi connectivity index (χ4v) is 3.60. The van der Waals surface area contributed by atoms with Crippen LogP contribution in [-0.2, 0) is 6.42 Å². The molecule has 1 N–H and O–H groups in total. The summed E-state index contributed by atoms with van der Waals surface area (Å²) >= 11 is 0. The minimum atomic E-state index is -0.190. The number of rotatable bonds is 4. The molecular weight excluding hydrogens is 354 g/mol. The number of likely N-dealkylation sites (N-methyl/N-ethyl adjacent to an activating group) is 1. The fourth-order valence-electron chi connectivity index (χ4n) is 3.60. The van der Waals surface area contributed by atoms with Gasteiger partial charge in [-0.1, -0.05) is 12.1 Å². The average Bonchev–Trinajstić information content (AvgIpc) is 3.11. The van der Waals surface area contributed by atoms with Crippen LogP contribution in [0, 0.1) is 6.92 Å². The second-order valence-electron chi connectivity index (χ2n) is 7.31. The van der Waals surface area contributed by atoms with Gasteiger partial charge in [-0.3, -0.25) is 4.79 Å². The molecule has 1 aromatic carbocycles. The third-order valence-electron chi connectivity index (χ3n) is 5.30. The first kappa shape index (κ1) is 18.4. The molecule has 0 bridgehead atoms. The van der Waals surface area contributed by atoms with E-state index in [4.69, 9.17) is 4.52 Å². The van der Waals surface area contributed by atoms with Gasteiger partial charge in [0.25, 0.3) is 11.6 Å². The van der Waals surface area contributed by atoms with E-state index in [2.05, 4.69) is 45.3 Å². The van der Waals surface area contributed by atoms with Gasteiger partial charge in [-0.2, -0.15) is 0 Å². The molecule has 7 heteroatoms. The van der Waals surface area contributed by atoms with Gasteiger partial charge < -0.3 is 19.6 Å².